The topological polar surface area (TPSA) is 74.2 Å². The first-order valence-corrected chi connectivity index (χ1v) is 8.31. The van der Waals surface area contributed by atoms with Gasteiger partial charge in [0.15, 0.2) is 0 Å². The normalized spacial score (nSPS) is 18.0. The van der Waals surface area contributed by atoms with Crippen LogP contribution in [0.5, 0.6) is 0 Å². The van der Waals surface area contributed by atoms with Crippen LogP contribution in [0.15, 0.2) is 10.6 Å². The van der Waals surface area contributed by atoms with Crippen molar-refractivity contribution in [2.75, 3.05) is 12.3 Å². The molecule has 0 aliphatic heterocycles. The number of hydrogen-bond acceptors (Lipinski definition) is 6. The molecule has 6 heteroatoms. The van der Waals surface area contributed by atoms with E-state index < -0.39 is 0 Å². The second-order valence-corrected chi connectivity index (χ2v) is 6.83. The summed E-state index contributed by atoms with van der Waals surface area (Å²) in [6, 6.07) is 1.99. The van der Waals surface area contributed by atoms with Gasteiger partial charge in [0, 0.05) is 11.5 Å². The van der Waals surface area contributed by atoms with Gasteiger partial charge in [-0.3, -0.25) is 0 Å². The molecule has 21 heavy (non-hydrogen) atoms. The number of rotatable bonds is 4. The Kier molecular flexibility index (Phi) is 3.99. The molecule has 1 saturated carbocycles. The minimum atomic E-state index is -0.380. The Morgan fingerprint density at radius 3 is 2.76 bits per heavy atom. The van der Waals surface area contributed by atoms with Gasteiger partial charge in [0.1, 0.15) is 5.60 Å². The Labute approximate surface area is 128 Å². The summed E-state index contributed by atoms with van der Waals surface area (Å²) in [5.74, 6) is 1.17. The number of anilines is 1. The van der Waals surface area contributed by atoms with E-state index in [0.717, 1.165) is 41.1 Å². The second-order valence-electron chi connectivity index (χ2n) is 5.55. The van der Waals surface area contributed by atoms with Gasteiger partial charge in [0.05, 0.1) is 10.6 Å². The van der Waals surface area contributed by atoms with Crippen LogP contribution in [0.2, 0.25) is 0 Å². The molecule has 5 nitrogen and oxygen atoms in total. The van der Waals surface area contributed by atoms with Gasteiger partial charge >= 0.3 is 0 Å². The maximum absolute atomic E-state index is 6.03. The van der Waals surface area contributed by atoms with E-state index in [2.05, 4.69) is 10.1 Å². The van der Waals surface area contributed by atoms with E-state index in [9.17, 15) is 0 Å². The van der Waals surface area contributed by atoms with Gasteiger partial charge in [-0.05, 0) is 32.8 Å². The molecule has 0 aromatic carbocycles. The smallest absolute Gasteiger partial charge is 0.261 e. The minimum Gasteiger partial charge on any atom is -0.390 e. The molecule has 1 aliphatic carbocycles. The summed E-state index contributed by atoms with van der Waals surface area (Å²) >= 11 is 1.54. The number of aryl methyl sites for hydroxylation is 1. The van der Waals surface area contributed by atoms with Crippen molar-refractivity contribution >= 4 is 16.3 Å². The zero-order valence-corrected chi connectivity index (χ0v) is 13.3. The van der Waals surface area contributed by atoms with Gasteiger partial charge in [0.25, 0.3) is 5.89 Å². The van der Waals surface area contributed by atoms with Crippen molar-refractivity contribution in [3.05, 3.63) is 16.8 Å². The molecule has 0 bridgehead atoms. The highest BCUT2D eigenvalue weighted by Crippen LogP contribution is 2.40. The highest BCUT2D eigenvalue weighted by atomic mass is 32.1. The fourth-order valence-electron chi connectivity index (χ4n) is 3.05. The number of hydrogen-bond donors (Lipinski definition) is 1. The molecule has 1 aliphatic rings. The largest absolute Gasteiger partial charge is 0.390 e. The van der Waals surface area contributed by atoms with Gasteiger partial charge in [-0.15, -0.1) is 11.3 Å². The number of nitrogens with two attached hydrogens (primary N) is 1. The monoisotopic (exact) mass is 307 g/mol. The maximum Gasteiger partial charge on any atom is 0.261 e. The van der Waals surface area contributed by atoms with Crippen LogP contribution < -0.4 is 5.73 Å². The summed E-state index contributed by atoms with van der Waals surface area (Å²) < 4.78 is 11.5. The van der Waals surface area contributed by atoms with E-state index in [4.69, 9.17) is 15.0 Å². The predicted octanol–water partition coefficient (Wildman–Crippen LogP) is 3.88. The highest BCUT2D eigenvalue weighted by Gasteiger charge is 2.39. The molecule has 0 spiro atoms. The first-order chi connectivity index (χ1) is 10.1. The van der Waals surface area contributed by atoms with E-state index in [1.54, 1.807) is 0 Å². The molecule has 0 saturated heterocycles. The van der Waals surface area contributed by atoms with E-state index in [1.807, 2.05) is 19.9 Å². The molecular formula is C15H21N3O2S. The molecule has 2 aromatic heterocycles. The molecule has 1 fully saturated rings. The lowest BCUT2D eigenvalue weighted by molar-refractivity contribution is -0.0777. The van der Waals surface area contributed by atoms with Crippen molar-refractivity contribution in [1.29, 1.82) is 0 Å². The minimum absolute atomic E-state index is 0.380. The fraction of sp³-hybridized carbons (Fsp3) is 0.600. The molecule has 2 aromatic rings. The van der Waals surface area contributed by atoms with Crippen molar-refractivity contribution in [2.45, 2.75) is 51.6 Å². The van der Waals surface area contributed by atoms with Crippen molar-refractivity contribution in [3.8, 4) is 11.5 Å². The molecule has 0 atom stereocenters. The number of nitrogen functional groups attached to an aromatic ring is 1. The van der Waals surface area contributed by atoms with E-state index in [-0.39, 0.29) is 5.60 Å². The Morgan fingerprint density at radius 2 is 2.14 bits per heavy atom. The predicted molar refractivity (Wildman–Crippen MR) is 83.1 cm³/mol. The summed E-state index contributed by atoms with van der Waals surface area (Å²) in [7, 11) is 0. The van der Waals surface area contributed by atoms with Crippen LogP contribution in [0.4, 0.5) is 5.00 Å². The number of aromatic nitrogens is 2. The van der Waals surface area contributed by atoms with Crippen molar-refractivity contribution in [1.82, 2.24) is 10.1 Å². The van der Waals surface area contributed by atoms with Crippen LogP contribution in [0.1, 0.15) is 49.7 Å². The lowest BCUT2D eigenvalue weighted by atomic mass is 9.84. The first kappa shape index (κ1) is 14.5. The first-order valence-electron chi connectivity index (χ1n) is 7.49. The molecule has 0 unspecified atom stereocenters. The maximum atomic E-state index is 6.03. The molecule has 2 heterocycles. The average molecular weight is 307 g/mol. The number of nitrogens with zero attached hydrogens (tertiary/aromatic N) is 2. The summed E-state index contributed by atoms with van der Waals surface area (Å²) in [6.07, 6.45) is 5.44. The third-order valence-electron chi connectivity index (χ3n) is 4.03. The van der Waals surface area contributed by atoms with Crippen LogP contribution in [0.3, 0.4) is 0 Å². The van der Waals surface area contributed by atoms with Crippen LogP contribution >= 0.6 is 11.3 Å². The molecule has 3 rings (SSSR count). The Morgan fingerprint density at radius 1 is 1.38 bits per heavy atom. The van der Waals surface area contributed by atoms with Gasteiger partial charge < -0.3 is 15.0 Å². The molecule has 114 valence electrons. The third-order valence-corrected chi connectivity index (χ3v) is 4.91. The van der Waals surface area contributed by atoms with Gasteiger partial charge in [-0.1, -0.05) is 24.4 Å². The molecule has 0 radical (unpaired) electrons. The lowest BCUT2D eigenvalue weighted by Gasteiger charge is -2.33. The Balaban J connectivity index is 1.94. The van der Waals surface area contributed by atoms with Crippen molar-refractivity contribution in [3.63, 3.8) is 0 Å². The summed E-state index contributed by atoms with van der Waals surface area (Å²) in [5, 5.41) is 4.91. The van der Waals surface area contributed by atoms with Crippen LogP contribution in [-0.4, -0.2) is 16.7 Å². The molecule has 2 N–H and O–H groups in total. The van der Waals surface area contributed by atoms with Gasteiger partial charge in [-0.2, -0.15) is 4.98 Å². The third kappa shape index (κ3) is 2.70. The van der Waals surface area contributed by atoms with Crippen LogP contribution in [-0.2, 0) is 10.3 Å². The standard InChI is InChI=1S/C15H21N3O2S/c1-3-19-15(7-5-4-6-8-15)14-17-13(20-18-14)11-9-10(2)21-12(11)16/h9H,3-8,16H2,1-2H3. The van der Waals surface area contributed by atoms with Gasteiger partial charge in [0.2, 0.25) is 5.82 Å². The van der Waals surface area contributed by atoms with Crippen LogP contribution in [0, 0.1) is 6.92 Å². The second kappa shape index (κ2) is 5.77. The van der Waals surface area contributed by atoms with Crippen molar-refractivity contribution in [2.24, 2.45) is 0 Å². The van der Waals surface area contributed by atoms with E-state index >= 15 is 0 Å². The zero-order valence-electron chi connectivity index (χ0n) is 12.5. The van der Waals surface area contributed by atoms with E-state index in [0.29, 0.717) is 18.3 Å². The Hall–Kier alpha value is -1.40. The number of ether oxygens (including phenoxy) is 1. The van der Waals surface area contributed by atoms with E-state index in [1.165, 1.54) is 17.8 Å². The Bertz CT molecular complexity index is 609. The SMILES string of the molecule is CCOC1(c2noc(-c3cc(C)sc3N)n2)CCCCC1. The van der Waals surface area contributed by atoms with Gasteiger partial charge in [-0.25, -0.2) is 0 Å². The summed E-state index contributed by atoms with van der Waals surface area (Å²) in [4.78, 5) is 5.73. The number of thiophene rings is 1. The van der Waals surface area contributed by atoms with Crippen molar-refractivity contribution < 1.29 is 9.26 Å². The molecule has 0 amide bonds. The summed E-state index contributed by atoms with van der Waals surface area (Å²) in [6.45, 7) is 4.69. The zero-order chi connectivity index (χ0) is 14.9. The highest BCUT2D eigenvalue weighted by molar-refractivity contribution is 7.16. The summed E-state index contributed by atoms with van der Waals surface area (Å²) in [5.41, 5.74) is 6.46. The quantitative estimate of drug-likeness (QED) is 0.927. The van der Waals surface area contributed by atoms with Crippen LogP contribution in [0.25, 0.3) is 11.5 Å². The average Bonchev–Trinajstić information content (AvgIpc) is 3.07. The fourth-order valence-corrected chi connectivity index (χ4v) is 3.83. The molecular weight excluding hydrogens is 286 g/mol. The lowest BCUT2D eigenvalue weighted by Crippen LogP contribution is -2.33.